The summed E-state index contributed by atoms with van der Waals surface area (Å²) in [4.78, 5) is 19.7. The number of anilines is 1. The van der Waals surface area contributed by atoms with Gasteiger partial charge in [-0.05, 0) is 37.4 Å². The molecule has 0 aromatic carbocycles. The fraction of sp³-hybridized carbons (Fsp3) is 0.625. The first-order valence-electron chi connectivity index (χ1n) is 7.79. The molecule has 2 rings (SSSR count). The van der Waals surface area contributed by atoms with Gasteiger partial charge in [-0.1, -0.05) is 13.0 Å². The maximum absolute atomic E-state index is 10.7. The highest BCUT2D eigenvalue weighted by atomic mass is 16.4. The Hall–Kier alpha value is -1.62. The topological polar surface area (TPSA) is 56.7 Å². The largest absolute Gasteiger partial charge is 0.481 e. The molecule has 0 bridgehead atoms. The Labute approximate surface area is 126 Å². The van der Waals surface area contributed by atoms with Gasteiger partial charge < -0.3 is 14.9 Å². The Balaban J connectivity index is 1.76. The molecule has 1 fully saturated rings. The smallest absolute Gasteiger partial charge is 0.304 e. The molecule has 116 valence electrons. The molecule has 0 unspecified atom stereocenters. The molecule has 0 amide bonds. The lowest BCUT2D eigenvalue weighted by molar-refractivity contribution is -0.137. The first-order valence-corrected chi connectivity index (χ1v) is 7.79. The maximum Gasteiger partial charge on any atom is 0.304 e. The molecule has 1 N–H and O–H groups in total. The van der Waals surface area contributed by atoms with E-state index in [1.54, 1.807) is 0 Å². The molecule has 0 aliphatic carbocycles. The predicted molar refractivity (Wildman–Crippen MR) is 83.5 cm³/mol. The number of hydrogen-bond donors (Lipinski definition) is 1. The van der Waals surface area contributed by atoms with Crippen LogP contribution in [0.25, 0.3) is 0 Å². The SMILES string of the molecule is CCN(CCC(=O)O)CC1CCN(c2ccccn2)CC1. The van der Waals surface area contributed by atoms with Crippen molar-refractivity contribution >= 4 is 11.8 Å². The third kappa shape index (κ3) is 5.01. The van der Waals surface area contributed by atoms with Gasteiger partial charge in [0.05, 0.1) is 6.42 Å². The van der Waals surface area contributed by atoms with Crippen molar-refractivity contribution in [2.45, 2.75) is 26.2 Å². The van der Waals surface area contributed by atoms with Gasteiger partial charge in [0.2, 0.25) is 0 Å². The van der Waals surface area contributed by atoms with Crippen molar-refractivity contribution in [3.8, 4) is 0 Å². The summed E-state index contributed by atoms with van der Waals surface area (Å²) in [7, 11) is 0. The van der Waals surface area contributed by atoms with Gasteiger partial charge in [-0.15, -0.1) is 0 Å². The highest BCUT2D eigenvalue weighted by molar-refractivity contribution is 5.66. The van der Waals surface area contributed by atoms with Crippen LogP contribution in [-0.4, -0.2) is 53.7 Å². The van der Waals surface area contributed by atoms with Crippen molar-refractivity contribution in [3.05, 3.63) is 24.4 Å². The minimum absolute atomic E-state index is 0.237. The van der Waals surface area contributed by atoms with Gasteiger partial charge in [0.25, 0.3) is 0 Å². The van der Waals surface area contributed by atoms with Gasteiger partial charge in [-0.2, -0.15) is 0 Å². The summed E-state index contributed by atoms with van der Waals surface area (Å²) in [5, 5.41) is 8.78. The summed E-state index contributed by atoms with van der Waals surface area (Å²) < 4.78 is 0. The first-order chi connectivity index (χ1) is 10.2. The third-order valence-corrected chi connectivity index (χ3v) is 4.19. The second-order valence-electron chi connectivity index (χ2n) is 5.66. The van der Waals surface area contributed by atoms with Crippen molar-refractivity contribution in [2.75, 3.05) is 37.6 Å². The zero-order chi connectivity index (χ0) is 15.1. The number of piperidine rings is 1. The highest BCUT2D eigenvalue weighted by Crippen LogP contribution is 2.22. The quantitative estimate of drug-likeness (QED) is 0.833. The molecule has 1 aromatic heterocycles. The van der Waals surface area contributed by atoms with Gasteiger partial charge >= 0.3 is 5.97 Å². The Morgan fingerprint density at radius 2 is 2.19 bits per heavy atom. The summed E-state index contributed by atoms with van der Waals surface area (Å²) in [6, 6.07) is 6.03. The van der Waals surface area contributed by atoms with Crippen LogP contribution in [0.4, 0.5) is 5.82 Å². The maximum atomic E-state index is 10.7. The number of carbonyl (C=O) groups is 1. The standard InChI is InChI=1S/C16H25N3O2/c1-2-18(10-8-16(20)21)13-14-6-11-19(12-7-14)15-5-3-4-9-17-15/h3-5,9,14H,2,6-8,10-13H2,1H3,(H,20,21). The minimum Gasteiger partial charge on any atom is -0.481 e. The summed E-state index contributed by atoms with van der Waals surface area (Å²) in [6.45, 7) is 6.78. The van der Waals surface area contributed by atoms with Gasteiger partial charge in [-0.3, -0.25) is 4.79 Å². The van der Waals surface area contributed by atoms with Crippen LogP contribution in [0.1, 0.15) is 26.2 Å². The molecule has 1 aromatic rings. The molecule has 1 aliphatic heterocycles. The molecular weight excluding hydrogens is 266 g/mol. The fourth-order valence-corrected chi connectivity index (χ4v) is 2.88. The van der Waals surface area contributed by atoms with E-state index in [9.17, 15) is 4.79 Å². The number of hydrogen-bond acceptors (Lipinski definition) is 4. The van der Waals surface area contributed by atoms with Crippen LogP contribution in [0.5, 0.6) is 0 Å². The van der Waals surface area contributed by atoms with Crippen molar-refractivity contribution in [3.63, 3.8) is 0 Å². The van der Waals surface area contributed by atoms with Crippen molar-refractivity contribution in [1.29, 1.82) is 0 Å². The van der Waals surface area contributed by atoms with Gasteiger partial charge in [0.1, 0.15) is 5.82 Å². The summed E-state index contributed by atoms with van der Waals surface area (Å²) in [5.41, 5.74) is 0. The van der Waals surface area contributed by atoms with E-state index < -0.39 is 5.97 Å². The average Bonchev–Trinajstić information content (AvgIpc) is 2.52. The van der Waals surface area contributed by atoms with Crippen LogP contribution in [-0.2, 0) is 4.79 Å². The Bertz CT molecular complexity index is 430. The third-order valence-electron chi connectivity index (χ3n) is 4.19. The van der Waals surface area contributed by atoms with Crippen molar-refractivity contribution < 1.29 is 9.90 Å². The molecule has 0 saturated carbocycles. The van der Waals surface area contributed by atoms with Crippen LogP contribution in [0.2, 0.25) is 0 Å². The summed E-state index contributed by atoms with van der Waals surface area (Å²) in [6.07, 6.45) is 4.38. The van der Waals surface area contributed by atoms with Crippen molar-refractivity contribution in [2.24, 2.45) is 5.92 Å². The molecule has 5 heteroatoms. The summed E-state index contributed by atoms with van der Waals surface area (Å²) >= 11 is 0. The minimum atomic E-state index is -0.710. The number of aromatic nitrogens is 1. The van der Waals surface area contributed by atoms with Crippen LogP contribution >= 0.6 is 0 Å². The average molecular weight is 291 g/mol. The number of pyridine rings is 1. The number of nitrogens with zero attached hydrogens (tertiary/aromatic N) is 3. The fourth-order valence-electron chi connectivity index (χ4n) is 2.88. The van der Waals surface area contributed by atoms with Gasteiger partial charge in [0, 0.05) is 32.4 Å². The molecule has 0 spiro atoms. The van der Waals surface area contributed by atoms with E-state index in [2.05, 4.69) is 27.8 Å². The zero-order valence-corrected chi connectivity index (χ0v) is 12.7. The molecule has 21 heavy (non-hydrogen) atoms. The Morgan fingerprint density at radius 3 is 2.76 bits per heavy atom. The van der Waals surface area contributed by atoms with Crippen LogP contribution in [0, 0.1) is 5.92 Å². The number of carboxylic acid groups (broad SMARTS) is 1. The van der Waals surface area contributed by atoms with E-state index >= 15 is 0 Å². The van der Waals surface area contributed by atoms with Crippen molar-refractivity contribution in [1.82, 2.24) is 9.88 Å². The van der Waals surface area contributed by atoms with Gasteiger partial charge in [-0.25, -0.2) is 4.98 Å². The van der Waals surface area contributed by atoms with Gasteiger partial charge in [0.15, 0.2) is 0 Å². The highest BCUT2D eigenvalue weighted by Gasteiger charge is 2.21. The van der Waals surface area contributed by atoms with E-state index in [0.717, 1.165) is 44.8 Å². The van der Waals surface area contributed by atoms with E-state index in [1.165, 1.54) is 0 Å². The lowest BCUT2D eigenvalue weighted by Crippen LogP contribution is -2.39. The lowest BCUT2D eigenvalue weighted by Gasteiger charge is -2.35. The van der Waals surface area contributed by atoms with Crippen LogP contribution < -0.4 is 4.90 Å². The number of rotatable bonds is 7. The van der Waals surface area contributed by atoms with Crippen LogP contribution in [0.3, 0.4) is 0 Å². The molecule has 0 radical (unpaired) electrons. The molecule has 2 heterocycles. The first kappa shape index (κ1) is 15.8. The Morgan fingerprint density at radius 1 is 1.43 bits per heavy atom. The van der Waals surface area contributed by atoms with Crippen LogP contribution in [0.15, 0.2) is 24.4 Å². The second-order valence-corrected chi connectivity index (χ2v) is 5.66. The predicted octanol–water partition coefficient (Wildman–Crippen LogP) is 2.09. The monoisotopic (exact) mass is 291 g/mol. The van der Waals surface area contributed by atoms with E-state index in [0.29, 0.717) is 12.5 Å². The molecule has 1 saturated heterocycles. The molecule has 5 nitrogen and oxygen atoms in total. The zero-order valence-electron chi connectivity index (χ0n) is 12.7. The molecular formula is C16H25N3O2. The van der Waals surface area contributed by atoms with E-state index in [1.807, 2.05) is 18.3 Å². The Kier molecular flexibility index (Phi) is 5.99. The summed E-state index contributed by atoms with van der Waals surface area (Å²) in [5.74, 6) is 1.02. The number of aliphatic carboxylic acids is 1. The second kappa shape index (κ2) is 7.98. The normalized spacial score (nSPS) is 16.4. The van der Waals surface area contributed by atoms with E-state index in [-0.39, 0.29) is 6.42 Å². The van der Waals surface area contributed by atoms with E-state index in [4.69, 9.17) is 5.11 Å². The number of carboxylic acids is 1. The lowest BCUT2D eigenvalue weighted by atomic mass is 9.96. The molecule has 1 aliphatic rings. The molecule has 0 atom stereocenters.